The first-order valence-corrected chi connectivity index (χ1v) is 20.6. The fourth-order valence-electron chi connectivity index (χ4n) is 7.88. The van der Waals surface area contributed by atoms with Crippen LogP contribution in [0, 0.1) is 0 Å². The zero-order valence-corrected chi connectivity index (χ0v) is 34.3. The average molecular weight is 819 g/mol. The van der Waals surface area contributed by atoms with Gasteiger partial charge in [-0.15, -0.1) is 0 Å². The number of amides is 4. The molecule has 13 nitrogen and oxygen atoms in total. The first kappa shape index (κ1) is 43.2. The Kier molecular flexibility index (Phi) is 14.4. The first-order chi connectivity index (χ1) is 28.9. The van der Waals surface area contributed by atoms with Gasteiger partial charge in [0.1, 0.15) is 30.9 Å². The van der Waals surface area contributed by atoms with E-state index in [0.717, 1.165) is 44.5 Å². The van der Waals surface area contributed by atoms with Crippen molar-refractivity contribution in [2.24, 2.45) is 0 Å². The number of rotatable bonds is 18. The summed E-state index contributed by atoms with van der Waals surface area (Å²) in [5.74, 6) is -2.03. The maximum Gasteiger partial charge on any atom is 0.408 e. The monoisotopic (exact) mass is 818 g/mol. The van der Waals surface area contributed by atoms with Crippen LogP contribution < -0.4 is 21.3 Å². The van der Waals surface area contributed by atoms with Gasteiger partial charge in [0.2, 0.25) is 5.91 Å². The van der Waals surface area contributed by atoms with E-state index in [1.54, 1.807) is 20.8 Å². The second kappa shape index (κ2) is 20.1. The Morgan fingerprint density at radius 2 is 0.933 bits per heavy atom. The van der Waals surface area contributed by atoms with E-state index in [1.807, 2.05) is 72.8 Å². The molecule has 0 unspecified atom stereocenters. The molecule has 4 aromatic carbocycles. The molecule has 2 aliphatic rings. The highest BCUT2D eigenvalue weighted by Crippen LogP contribution is 2.45. The van der Waals surface area contributed by atoms with Crippen molar-refractivity contribution in [3.05, 3.63) is 119 Å². The molecule has 0 heterocycles. The van der Waals surface area contributed by atoms with E-state index in [2.05, 4.69) is 45.5 Å². The summed E-state index contributed by atoms with van der Waals surface area (Å²) in [5.41, 5.74) is 8.16. The lowest BCUT2D eigenvalue weighted by Gasteiger charge is -2.24. The van der Waals surface area contributed by atoms with Crippen molar-refractivity contribution in [1.82, 2.24) is 21.3 Å². The van der Waals surface area contributed by atoms with Crippen LogP contribution in [0.25, 0.3) is 22.3 Å². The number of carboxylic acid groups (broad SMARTS) is 1. The minimum Gasteiger partial charge on any atom is -0.480 e. The van der Waals surface area contributed by atoms with Crippen LogP contribution in [-0.2, 0) is 23.8 Å². The number of benzene rings is 4. The summed E-state index contributed by atoms with van der Waals surface area (Å²) in [5, 5.41) is 20.6. The largest absolute Gasteiger partial charge is 0.480 e. The number of nitrogens with one attached hydrogen (secondary N) is 4. The lowest BCUT2D eigenvalue weighted by Crippen LogP contribution is -2.52. The lowest BCUT2D eigenvalue weighted by atomic mass is 9.98. The van der Waals surface area contributed by atoms with Gasteiger partial charge in [-0.2, -0.15) is 0 Å². The lowest BCUT2D eigenvalue weighted by molar-refractivity contribution is -0.142. The van der Waals surface area contributed by atoms with Gasteiger partial charge in [-0.1, -0.05) is 97.1 Å². The Morgan fingerprint density at radius 1 is 0.550 bits per heavy atom. The van der Waals surface area contributed by atoms with E-state index in [0.29, 0.717) is 25.7 Å². The zero-order chi connectivity index (χ0) is 42.6. The third-order valence-corrected chi connectivity index (χ3v) is 10.7. The zero-order valence-electron chi connectivity index (χ0n) is 34.3. The van der Waals surface area contributed by atoms with Crippen molar-refractivity contribution in [3.8, 4) is 22.3 Å². The summed E-state index contributed by atoms with van der Waals surface area (Å²) >= 11 is 0. The Morgan fingerprint density at radius 3 is 1.32 bits per heavy atom. The van der Waals surface area contributed by atoms with E-state index in [-0.39, 0.29) is 51.0 Å². The number of carbonyl (C=O) groups excluding carboxylic acids is 4. The second-order valence-corrected chi connectivity index (χ2v) is 16.1. The van der Waals surface area contributed by atoms with E-state index < -0.39 is 47.8 Å². The van der Waals surface area contributed by atoms with Gasteiger partial charge >= 0.3 is 24.2 Å². The third kappa shape index (κ3) is 11.2. The Hall–Kier alpha value is -6.37. The Labute approximate surface area is 350 Å². The quantitative estimate of drug-likeness (QED) is 0.0493. The molecular weight excluding hydrogens is 765 g/mol. The van der Waals surface area contributed by atoms with E-state index in [9.17, 15) is 29.1 Å². The van der Waals surface area contributed by atoms with Gasteiger partial charge in [0.05, 0.1) is 0 Å². The Balaban J connectivity index is 0.916. The number of aliphatic carboxylic acids is 1. The van der Waals surface area contributed by atoms with Gasteiger partial charge in [0, 0.05) is 24.9 Å². The predicted molar refractivity (Wildman–Crippen MR) is 227 cm³/mol. The number of hydrogen-bond donors (Lipinski definition) is 5. The van der Waals surface area contributed by atoms with Gasteiger partial charge in [0.25, 0.3) is 0 Å². The molecule has 0 aliphatic heterocycles. The van der Waals surface area contributed by atoms with Crippen LogP contribution in [0.2, 0.25) is 0 Å². The normalized spacial score (nSPS) is 13.7. The van der Waals surface area contributed by atoms with Gasteiger partial charge in [-0.3, -0.25) is 4.79 Å². The molecule has 6 rings (SSSR count). The van der Waals surface area contributed by atoms with E-state index in [1.165, 1.54) is 0 Å². The summed E-state index contributed by atoms with van der Waals surface area (Å²) in [6.07, 6.45) is 0.0164. The van der Waals surface area contributed by atoms with Gasteiger partial charge in [-0.05, 0) is 104 Å². The highest BCUT2D eigenvalue weighted by Gasteiger charge is 2.31. The molecule has 316 valence electrons. The molecule has 0 bridgehead atoms. The van der Waals surface area contributed by atoms with Gasteiger partial charge in [0.15, 0.2) is 0 Å². The minimum atomic E-state index is -1.23. The smallest absolute Gasteiger partial charge is 0.408 e. The molecule has 0 saturated carbocycles. The molecular formula is C47H54N4O9. The molecule has 4 aromatic rings. The standard InChI is InChI=1S/C47H54N4O9/c1-47(2,3)60-46(57)51-40(24-12-14-26-48-44(55)58-28-38-34-20-8-4-16-30(34)31-17-5-9-21-35(31)38)42(52)50-41(43(53)54)25-13-15-27-49-45(56)59-29-39-36-22-10-6-18-32(36)33-19-7-11-23-37(33)39/h4-11,16-23,38-41H,12-15,24-29H2,1-3H3,(H,48,55)(H,49,56)(H,50,52)(H,51,57)(H,53,54)/t40-,41-/m0/s1. The number of carbonyl (C=O) groups is 5. The van der Waals surface area contributed by atoms with Crippen LogP contribution in [0.4, 0.5) is 14.4 Å². The highest BCUT2D eigenvalue weighted by molar-refractivity contribution is 5.89. The van der Waals surface area contributed by atoms with Crippen molar-refractivity contribution in [3.63, 3.8) is 0 Å². The fraction of sp³-hybridized carbons (Fsp3) is 0.383. The van der Waals surface area contributed by atoms with E-state index >= 15 is 0 Å². The molecule has 0 radical (unpaired) electrons. The second-order valence-electron chi connectivity index (χ2n) is 16.1. The maximum atomic E-state index is 13.4. The summed E-state index contributed by atoms with van der Waals surface area (Å²) in [6.45, 7) is 5.96. The minimum absolute atomic E-state index is 0.0670. The predicted octanol–water partition coefficient (Wildman–Crippen LogP) is 7.87. The van der Waals surface area contributed by atoms with Gasteiger partial charge < -0.3 is 40.6 Å². The topological polar surface area (TPSA) is 181 Å². The average Bonchev–Trinajstić information content (AvgIpc) is 3.72. The van der Waals surface area contributed by atoms with Crippen LogP contribution in [0.1, 0.15) is 93.4 Å². The van der Waals surface area contributed by atoms with E-state index in [4.69, 9.17) is 14.2 Å². The molecule has 60 heavy (non-hydrogen) atoms. The summed E-state index contributed by atoms with van der Waals surface area (Å²) in [6, 6.07) is 30.0. The highest BCUT2D eigenvalue weighted by atomic mass is 16.6. The third-order valence-electron chi connectivity index (χ3n) is 10.7. The number of fused-ring (bicyclic) bond motifs is 6. The molecule has 0 spiro atoms. The molecule has 2 aliphatic carbocycles. The first-order valence-electron chi connectivity index (χ1n) is 20.6. The molecule has 0 saturated heterocycles. The molecule has 2 atom stereocenters. The van der Waals surface area contributed by atoms with Gasteiger partial charge in [-0.25, -0.2) is 19.2 Å². The molecule has 5 N–H and O–H groups in total. The summed E-state index contributed by atoms with van der Waals surface area (Å²) < 4.78 is 16.6. The summed E-state index contributed by atoms with van der Waals surface area (Å²) in [4.78, 5) is 63.5. The molecule has 4 amide bonds. The number of alkyl carbamates (subject to hydrolysis) is 3. The fourth-order valence-corrected chi connectivity index (χ4v) is 7.88. The van der Waals surface area contributed by atoms with Crippen molar-refractivity contribution in [2.75, 3.05) is 26.3 Å². The number of carboxylic acids is 1. The van der Waals surface area contributed by atoms with Crippen LogP contribution in [0.15, 0.2) is 97.1 Å². The van der Waals surface area contributed by atoms with Crippen LogP contribution in [0.3, 0.4) is 0 Å². The van der Waals surface area contributed by atoms with Crippen LogP contribution >= 0.6 is 0 Å². The van der Waals surface area contributed by atoms with Crippen LogP contribution in [0.5, 0.6) is 0 Å². The number of ether oxygens (including phenoxy) is 3. The molecule has 13 heteroatoms. The molecule has 0 aromatic heterocycles. The maximum absolute atomic E-state index is 13.4. The number of hydrogen-bond acceptors (Lipinski definition) is 8. The molecule has 0 fully saturated rings. The van der Waals surface area contributed by atoms with Crippen LogP contribution in [-0.4, -0.2) is 79.3 Å². The summed E-state index contributed by atoms with van der Waals surface area (Å²) in [7, 11) is 0. The van der Waals surface area contributed by atoms with Crippen molar-refractivity contribution in [1.29, 1.82) is 0 Å². The SMILES string of the molecule is CC(C)(C)OC(=O)N[C@@H](CCCCNC(=O)OCC1c2ccccc2-c2ccccc21)C(=O)N[C@@H](CCCCNC(=O)OCC1c2ccccc2-c2ccccc21)C(=O)O. The van der Waals surface area contributed by atoms with Crippen molar-refractivity contribution in [2.45, 2.75) is 88.8 Å². The van der Waals surface area contributed by atoms with Crippen molar-refractivity contribution < 1.29 is 43.3 Å². The van der Waals surface area contributed by atoms with Crippen molar-refractivity contribution >= 4 is 30.2 Å². The number of unbranched alkanes of at least 4 members (excludes halogenated alkanes) is 2. The Bertz CT molecular complexity index is 2080.